The van der Waals surface area contributed by atoms with Crippen molar-refractivity contribution in [3.05, 3.63) is 103 Å². The number of ether oxygens (including phenoxy) is 2. The van der Waals surface area contributed by atoms with Gasteiger partial charge in [0.25, 0.3) is 0 Å². The summed E-state index contributed by atoms with van der Waals surface area (Å²) in [4.78, 5) is 10.2. The van der Waals surface area contributed by atoms with E-state index in [4.69, 9.17) is 9.47 Å². The highest BCUT2D eigenvalue weighted by atomic mass is 16.5. The summed E-state index contributed by atoms with van der Waals surface area (Å²) in [5.74, 6) is 1.75. The van der Waals surface area contributed by atoms with Crippen LogP contribution in [0.25, 0.3) is 33.3 Å². The number of aromatic nitrogens is 2. The van der Waals surface area contributed by atoms with Crippen molar-refractivity contribution in [3.8, 4) is 33.9 Å². The first-order chi connectivity index (χ1) is 17.6. The van der Waals surface area contributed by atoms with Crippen LogP contribution in [0, 0.1) is 0 Å². The number of hydrogen-bond donors (Lipinski definition) is 1. The van der Waals surface area contributed by atoms with Crippen molar-refractivity contribution < 1.29 is 9.47 Å². The van der Waals surface area contributed by atoms with Crippen LogP contribution in [0.5, 0.6) is 11.5 Å². The number of nitrogens with one attached hydrogen (secondary N) is 1. The van der Waals surface area contributed by atoms with Crippen molar-refractivity contribution in [2.24, 2.45) is 0 Å². The van der Waals surface area contributed by atoms with Crippen molar-refractivity contribution in [3.63, 3.8) is 0 Å². The zero-order chi connectivity index (χ0) is 24.7. The highest BCUT2D eigenvalue weighted by molar-refractivity contribution is 5.87. The number of fused-ring (bicyclic) bond motifs is 1. The molecule has 5 aromatic rings. The summed E-state index contributed by atoms with van der Waals surface area (Å²) in [6.45, 7) is 2.29. The zero-order valence-corrected chi connectivity index (χ0v) is 20.8. The third-order valence-electron chi connectivity index (χ3n) is 6.10. The summed E-state index contributed by atoms with van der Waals surface area (Å²) in [7, 11) is 4.15. The first-order valence-corrected chi connectivity index (χ1v) is 12.3. The molecule has 0 aliphatic rings. The predicted molar refractivity (Wildman–Crippen MR) is 146 cm³/mol. The molecule has 182 valence electrons. The molecule has 0 spiro atoms. The van der Waals surface area contributed by atoms with E-state index in [-0.39, 0.29) is 0 Å². The first-order valence-electron chi connectivity index (χ1n) is 12.3. The smallest absolute Gasteiger partial charge is 0.120 e. The van der Waals surface area contributed by atoms with E-state index >= 15 is 0 Å². The van der Waals surface area contributed by atoms with Gasteiger partial charge in [-0.1, -0.05) is 42.5 Å². The minimum absolute atomic E-state index is 0.551. The number of hydrogen-bond acceptors (Lipinski definition) is 4. The number of aromatic amines is 1. The molecule has 3 aromatic carbocycles. The molecule has 0 saturated carbocycles. The lowest BCUT2D eigenvalue weighted by molar-refractivity contribution is 0.281. The maximum Gasteiger partial charge on any atom is 0.120 e. The summed E-state index contributed by atoms with van der Waals surface area (Å²) < 4.78 is 11.9. The van der Waals surface area contributed by atoms with E-state index in [1.807, 2.05) is 48.8 Å². The van der Waals surface area contributed by atoms with Gasteiger partial charge in [-0.05, 0) is 74.1 Å². The molecule has 0 atom stereocenters. The Morgan fingerprint density at radius 1 is 0.750 bits per heavy atom. The molecule has 0 fully saturated rings. The predicted octanol–water partition coefficient (Wildman–Crippen LogP) is 6.81. The van der Waals surface area contributed by atoms with Gasteiger partial charge in [0, 0.05) is 46.7 Å². The van der Waals surface area contributed by atoms with Crippen LogP contribution in [-0.2, 0) is 6.61 Å². The molecular weight excluding hydrogens is 446 g/mol. The normalized spacial score (nSPS) is 11.2. The van der Waals surface area contributed by atoms with E-state index in [0.29, 0.717) is 13.2 Å². The van der Waals surface area contributed by atoms with E-state index in [1.54, 1.807) is 0 Å². The average molecular weight is 478 g/mol. The van der Waals surface area contributed by atoms with Crippen molar-refractivity contribution in [2.75, 3.05) is 27.2 Å². The Morgan fingerprint density at radius 2 is 1.53 bits per heavy atom. The fourth-order valence-electron chi connectivity index (χ4n) is 4.16. The molecule has 0 amide bonds. The summed E-state index contributed by atoms with van der Waals surface area (Å²) >= 11 is 0. The highest BCUT2D eigenvalue weighted by Crippen LogP contribution is 2.30. The highest BCUT2D eigenvalue weighted by Gasteiger charge is 2.08. The second-order valence-corrected chi connectivity index (χ2v) is 9.20. The number of benzene rings is 3. The minimum Gasteiger partial charge on any atom is -0.494 e. The van der Waals surface area contributed by atoms with Crippen LogP contribution < -0.4 is 9.47 Å². The van der Waals surface area contributed by atoms with Crippen LogP contribution in [0.3, 0.4) is 0 Å². The van der Waals surface area contributed by atoms with Gasteiger partial charge in [0.05, 0.1) is 6.61 Å². The molecule has 2 heterocycles. The second kappa shape index (κ2) is 11.1. The van der Waals surface area contributed by atoms with Gasteiger partial charge < -0.3 is 19.4 Å². The first kappa shape index (κ1) is 23.6. The molecule has 0 saturated heterocycles. The Bertz CT molecular complexity index is 1410. The van der Waals surface area contributed by atoms with Crippen LogP contribution >= 0.6 is 0 Å². The van der Waals surface area contributed by atoms with Gasteiger partial charge in [-0.15, -0.1) is 0 Å². The topological polar surface area (TPSA) is 50.4 Å². The summed E-state index contributed by atoms with van der Waals surface area (Å²) in [5, 5.41) is 1.11. The van der Waals surface area contributed by atoms with Crippen LogP contribution in [0.4, 0.5) is 0 Å². The van der Waals surface area contributed by atoms with Gasteiger partial charge in [-0.3, -0.25) is 4.98 Å². The van der Waals surface area contributed by atoms with Gasteiger partial charge in [0.2, 0.25) is 0 Å². The monoisotopic (exact) mass is 477 g/mol. The van der Waals surface area contributed by atoms with E-state index in [0.717, 1.165) is 63.3 Å². The van der Waals surface area contributed by atoms with Gasteiger partial charge in [-0.25, -0.2) is 0 Å². The molecule has 2 aromatic heterocycles. The maximum atomic E-state index is 6.00. The van der Waals surface area contributed by atoms with E-state index in [2.05, 4.69) is 77.5 Å². The number of nitrogens with zero attached hydrogens (tertiary/aromatic N) is 2. The molecule has 1 N–H and O–H groups in total. The molecule has 5 rings (SSSR count). The van der Waals surface area contributed by atoms with Gasteiger partial charge in [0.15, 0.2) is 0 Å². The summed E-state index contributed by atoms with van der Waals surface area (Å²) in [6, 6.07) is 28.9. The lowest BCUT2D eigenvalue weighted by atomic mass is 10.0. The standard InChI is InChI=1S/C31H31N3O2/c1-34(2)15-6-16-35-28-11-9-24(10-12-28)26-17-27(21-32-20-26)31-19-25-18-29(13-14-30(25)33-31)36-22-23-7-4-3-5-8-23/h3-5,7-14,17-21,33H,6,15-16,22H2,1-2H3. The SMILES string of the molecule is CN(C)CCCOc1ccc(-c2cncc(-c3cc4cc(OCc5ccccc5)ccc4[nH]3)c2)cc1. The van der Waals surface area contributed by atoms with Crippen LogP contribution in [-0.4, -0.2) is 42.1 Å². The molecule has 0 aliphatic carbocycles. The average Bonchev–Trinajstić information content (AvgIpc) is 3.35. The molecule has 0 radical (unpaired) electrons. The summed E-state index contributed by atoms with van der Waals surface area (Å²) in [6.07, 6.45) is 4.80. The second-order valence-electron chi connectivity index (χ2n) is 9.20. The Hall–Kier alpha value is -4.09. The Morgan fingerprint density at radius 3 is 2.33 bits per heavy atom. The summed E-state index contributed by atoms with van der Waals surface area (Å²) in [5.41, 5.74) is 6.46. The minimum atomic E-state index is 0.551. The van der Waals surface area contributed by atoms with Crippen molar-refractivity contribution in [1.82, 2.24) is 14.9 Å². The fourth-order valence-corrected chi connectivity index (χ4v) is 4.16. The zero-order valence-electron chi connectivity index (χ0n) is 20.8. The number of pyridine rings is 1. The van der Waals surface area contributed by atoms with E-state index in [9.17, 15) is 0 Å². The van der Waals surface area contributed by atoms with Crippen molar-refractivity contribution in [1.29, 1.82) is 0 Å². The Balaban J connectivity index is 1.28. The van der Waals surface area contributed by atoms with E-state index in [1.165, 1.54) is 0 Å². The quantitative estimate of drug-likeness (QED) is 0.225. The maximum absolute atomic E-state index is 6.00. The number of H-pyrrole nitrogens is 1. The molecular formula is C31H31N3O2. The largest absolute Gasteiger partial charge is 0.494 e. The molecule has 36 heavy (non-hydrogen) atoms. The Labute approximate surface area is 212 Å². The molecule has 0 aliphatic heterocycles. The lowest BCUT2D eigenvalue weighted by Gasteiger charge is -2.11. The van der Waals surface area contributed by atoms with E-state index < -0.39 is 0 Å². The molecule has 5 heteroatoms. The fraction of sp³-hybridized carbons (Fsp3) is 0.194. The van der Waals surface area contributed by atoms with Gasteiger partial charge in [0.1, 0.15) is 18.1 Å². The van der Waals surface area contributed by atoms with Crippen molar-refractivity contribution >= 4 is 10.9 Å². The number of rotatable bonds is 10. The Kier molecular flexibility index (Phi) is 7.29. The van der Waals surface area contributed by atoms with Crippen molar-refractivity contribution in [2.45, 2.75) is 13.0 Å². The lowest BCUT2D eigenvalue weighted by Crippen LogP contribution is -2.15. The molecule has 5 nitrogen and oxygen atoms in total. The third kappa shape index (κ3) is 5.93. The van der Waals surface area contributed by atoms with Crippen LogP contribution in [0.2, 0.25) is 0 Å². The van der Waals surface area contributed by atoms with Gasteiger partial charge in [-0.2, -0.15) is 0 Å². The third-order valence-corrected chi connectivity index (χ3v) is 6.10. The van der Waals surface area contributed by atoms with Gasteiger partial charge >= 0.3 is 0 Å². The molecule has 0 bridgehead atoms. The van der Waals surface area contributed by atoms with Crippen LogP contribution in [0.1, 0.15) is 12.0 Å². The van der Waals surface area contributed by atoms with Crippen LogP contribution in [0.15, 0.2) is 97.3 Å². The molecule has 0 unspecified atom stereocenters.